The molecule has 1 saturated carbocycles. The Morgan fingerprint density at radius 2 is 2.00 bits per heavy atom. The van der Waals surface area contributed by atoms with Crippen LogP contribution in [0.15, 0.2) is 0 Å². The average molecular weight is 199 g/mol. The van der Waals surface area contributed by atoms with Gasteiger partial charge in [-0.2, -0.15) is 12.3 Å². The van der Waals surface area contributed by atoms with E-state index in [9.17, 15) is 0 Å². The van der Waals surface area contributed by atoms with Gasteiger partial charge in [0.1, 0.15) is 0 Å². The van der Waals surface area contributed by atoms with Gasteiger partial charge in [0.25, 0.3) is 0 Å². The molecule has 0 spiro atoms. The molecular formula is C8H14Y-2. The minimum atomic E-state index is 0. The summed E-state index contributed by atoms with van der Waals surface area (Å²) in [5.41, 5.74) is 0. The van der Waals surface area contributed by atoms with Crippen LogP contribution >= 0.6 is 0 Å². The molecule has 0 aromatic rings. The maximum absolute atomic E-state index is 4.01. The predicted molar refractivity (Wildman–Crippen MR) is 36.2 cm³/mol. The first kappa shape index (κ1) is 10.1. The van der Waals surface area contributed by atoms with Crippen LogP contribution in [0.4, 0.5) is 0 Å². The predicted octanol–water partition coefficient (Wildman–Crippen LogP) is 2.46. The summed E-state index contributed by atoms with van der Waals surface area (Å²) in [6.07, 6.45) is 5.15. The monoisotopic (exact) mass is 199 g/mol. The Kier molecular flexibility index (Phi) is 5.44. The Morgan fingerprint density at radius 3 is 2.22 bits per heavy atom. The summed E-state index contributed by atoms with van der Waals surface area (Å²) in [6, 6.07) is 0. The molecule has 0 aromatic carbocycles. The molecule has 2 unspecified atom stereocenters. The number of rotatable bonds is 1. The molecule has 0 aromatic heterocycles. The Hall–Kier alpha value is 1.10. The Morgan fingerprint density at radius 1 is 1.33 bits per heavy atom. The zero-order valence-electron chi connectivity index (χ0n) is 5.97. The Balaban J connectivity index is 0.000000640. The summed E-state index contributed by atoms with van der Waals surface area (Å²) >= 11 is 0. The maximum atomic E-state index is 4.01. The molecule has 1 aliphatic rings. The quantitative estimate of drug-likeness (QED) is 0.569. The molecule has 1 radical (unpaired) electrons. The van der Waals surface area contributed by atoms with Gasteiger partial charge in [0, 0.05) is 32.7 Å². The van der Waals surface area contributed by atoms with Crippen LogP contribution in [0, 0.1) is 25.7 Å². The topological polar surface area (TPSA) is 0 Å². The minimum absolute atomic E-state index is 0. The van der Waals surface area contributed by atoms with Crippen LogP contribution in [-0.4, -0.2) is 0 Å². The molecule has 1 aliphatic carbocycles. The summed E-state index contributed by atoms with van der Waals surface area (Å²) < 4.78 is 0. The van der Waals surface area contributed by atoms with Gasteiger partial charge in [-0.1, -0.05) is 25.2 Å². The molecule has 0 N–H and O–H groups in total. The summed E-state index contributed by atoms with van der Waals surface area (Å²) in [5, 5.41) is 0. The van der Waals surface area contributed by atoms with Crippen molar-refractivity contribution in [1.29, 1.82) is 0 Å². The van der Waals surface area contributed by atoms with E-state index < -0.39 is 0 Å². The molecule has 0 amide bonds. The van der Waals surface area contributed by atoms with Crippen LogP contribution in [0.2, 0.25) is 0 Å². The van der Waals surface area contributed by atoms with E-state index in [-0.39, 0.29) is 32.7 Å². The normalized spacial score (nSPS) is 34.0. The largest absolute Gasteiger partial charge is 0.343 e. The first-order chi connectivity index (χ1) is 3.83. The minimum Gasteiger partial charge on any atom is -0.343 e. The molecule has 0 aliphatic heterocycles. The van der Waals surface area contributed by atoms with Crippen molar-refractivity contribution >= 4 is 0 Å². The van der Waals surface area contributed by atoms with Gasteiger partial charge in [0.2, 0.25) is 0 Å². The van der Waals surface area contributed by atoms with Gasteiger partial charge >= 0.3 is 0 Å². The van der Waals surface area contributed by atoms with Gasteiger partial charge in [-0.25, -0.2) is 0 Å². The van der Waals surface area contributed by atoms with E-state index in [1.54, 1.807) is 0 Å². The molecule has 1 fully saturated rings. The SMILES string of the molecule is [CH2-]CC1CCC([CH2-])C1.[Y]. The number of hydrogen-bond acceptors (Lipinski definition) is 0. The molecule has 0 bridgehead atoms. The Bertz CT molecular complexity index is 71.0. The average Bonchev–Trinajstić information content (AvgIpc) is 2.14. The third kappa shape index (κ3) is 3.14. The molecular weight excluding hydrogens is 185 g/mol. The van der Waals surface area contributed by atoms with E-state index >= 15 is 0 Å². The van der Waals surface area contributed by atoms with E-state index in [1.165, 1.54) is 19.3 Å². The van der Waals surface area contributed by atoms with Crippen LogP contribution in [0.1, 0.15) is 25.7 Å². The zero-order valence-corrected chi connectivity index (χ0v) is 8.81. The summed E-state index contributed by atoms with van der Waals surface area (Å²) in [5.74, 6) is 1.64. The van der Waals surface area contributed by atoms with Gasteiger partial charge in [0.15, 0.2) is 0 Å². The van der Waals surface area contributed by atoms with Crippen molar-refractivity contribution in [1.82, 2.24) is 0 Å². The van der Waals surface area contributed by atoms with Gasteiger partial charge in [-0.3, -0.25) is 0 Å². The smallest absolute Gasteiger partial charge is 0 e. The van der Waals surface area contributed by atoms with Crippen molar-refractivity contribution < 1.29 is 32.7 Å². The molecule has 1 heteroatoms. The van der Waals surface area contributed by atoms with Gasteiger partial charge < -0.3 is 13.8 Å². The maximum Gasteiger partial charge on any atom is 0 e. The molecule has 51 valence electrons. The fourth-order valence-corrected chi connectivity index (χ4v) is 1.44. The van der Waals surface area contributed by atoms with Gasteiger partial charge in [0.05, 0.1) is 0 Å². The second-order valence-electron chi connectivity index (χ2n) is 2.83. The third-order valence-electron chi connectivity index (χ3n) is 2.06. The molecule has 0 heterocycles. The van der Waals surface area contributed by atoms with Crippen LogP contribution in [0.3, 0.4) is 0 Å². The second-order valence-corrected chi connectivity index (χ2v) is 2.83. The van der Waals surface area contributed by atoms with Crippen molar-refractivity contribution in [2.24, 2.45) is 11.8 Å². The van der Waals surface area contributed by atoms with Gasteiger partial charge in [-0.15, -0.1) is 0 Å². The van der Waals surface area contributed by atoms with Crippen molar-refractivity contribution in [2.45, 2.75) is 25.7 Å². The standard InChI is InChI=1S/C8H14.Y/c1-3-8-5-4-7(2)6-8;/h7-8H,1-6H2;/q-2;. The fourth-order valence-electron chi connectivity index (χ4n) is 1.44. The molecule has 1 rings (SSSR count). The van der Waals surface area contributed by atoms with Crippen molar-refractivity contribution in [2.75, 3.05) is 0 Å². The van der Waals surface area contributed by atoms with E-state index in [2.05, 4.69) is 13.8 Å². The van der Waals surface area contributed by atoms with Crippen molar-refractivity contribution in [3.05, 3.63) is 13.8 Å². The zero-order chi connectivity index (χ0) is 5.98. The summed E-state index contributed by atoms with van der Waals surface area (Å²) in [6.45, 7) is 7.88. The second kappa shape index (κ2) is 4.85. The Labute approximate surface area is 83.7 Å². The molecule has 0 saturated heterocycles. The molecule has 0 nitrogen and oxygen atoms in total. The van der Waals surface area contributed by atoms with Crippen molar-refractivity contribution in [3.63, 3.8) is 0 Å². The van der Waals surface area contributed by atoms with Crippen LogP contribution in [-0.2, 0) is 32.7 Å². The van der Waals surface area contributed by atoms with Crippen LogP contribution < -0.4 is 0 Å². The van der Waals surface area contributed by atoms with E-state index in [0.717, 1.165) is 18.3 Å². The van der Waals surface area contributed by atoms with Gasteiger partial charge in [-0.05, 0) is 0 Å². The number of hydrogen-bond donors (Lipinski definition) is 0. The summed E-state index contributed by atoms with van der Waals surface area (Å²) in [4.78, 5) is 0. The first-order valence-corrected chi connectivity index (χ1v) is 3.45. The van der Waals surface area contributed by atoms with Crippen LogP contribution in [0.5, 0.6) is 0 Å². The van der Waals surface area contributed by atoms with E-state index in [1.807, 2.05) is 0 Å². The van der Waals surface area contributed by atoms with E-state index in [4.69, 9.17) is 0 Å². The summed E-state index contributed by atoms with van der Waals surface area (Å²) in [7, 11) is 0. The third-order valence-corrected chi connectivity index (χ3v) is 2.06. The molecule has 9 heavy (non-hydrogen) atoms. The van der Waals surface area contributed by atoms with Crippen LogP contribution in [0.25, 0.3) is 0 Å². The molecule has 2 atom stereocenters. The van der Waals surface area contributed by atoms with Crippen molar-refractivity contribution in [3.8, 4) is 0 Å². The first-order valence-electron chi connectivity index (χ1n) is 3.45. The fraction of sp³-hybridized carbons (Fsp3) is 0.750. The van der Waals surface area contributed by atoms with E-state index in [0.29, 0.717) is 0 Å².